The van der Waals surface area contributed by atoms with E-state index in [4.69, 9.17) is 5.26 Å². The van der Waals surface area contributed by atoms with Crippen LogP contribution in [-0.4, -0.2) is 26.1 Å². The number of carbonyl (C=O) groups is 1. The number of nitriles is 1. The Morgan fingerprint density at radius 3 is 2.57 bits per heavy atom. The normalized spacial score (nSPS) is 9.90. The van der Waals surface area contributed by atoms with Crippen LogP contribution in [0.4, 0.5) is 0 Å². The molecule has 0 atom stereocenters. The molecular formula is C14H12N4O3. The molecule has 0 aliphatic heterocycles. The van der Waals surface area contributed by atoms with E-state index in [0.29, 0.717) is 5.56 Å². The van der Waals surface area contributed by atoms with Crippen molar-refractivity contribution < 1.29 is 15.0 Å². The lowest BCUT2D eigenvalue weighted by Gasteiger charge is -2.07. The third kappa shape index (κ3) is 3.25. The molecule has 0 bridgehead atoms. The fraction of sp³-hybridized carbons (Fsp3) is 0.143. The van der Waals surface area contributed by atoms with E-state index in [9.17, 15) is 15.0 Å². The Balaban J connectivity index is 2.10. The summed E-state index contributed by atoms with van der Waals surface area (Å²) in [7, 11) is 0. The molecule has 2 rings (SSSR count). The van der Waals surface area contributed by atoms with E-state index < -0.39 is 17.5 Å². The summed E-state index contributed by atoms with van der Waals surface area (Å²) in [6, 6.07) is 8.70. The van der Waals surface area contributed by atoms with Gasteiger partial charge in [-0.25, -0.2) is 4.98 Å². The maximum atomic E-state index is 11.9. The van der Waals surface area contributed by atoms with Gasteiger partial charge in [0.25, 0.3) is 11.8 Å². The maximum absolute atomic E-state index is 11.9. The lowest BCUT2D eigenvalue weighted by atomic mass is 10.1. The van der Waals surface area contributed by atoms with E-state index in [1.807, 2.05) is 6.07 Å². The van der Waals surface area contributed by atoms with E-state index in [1.54, 1.807) is 24.3 Å². The zero-order chi connectivity index (χ0) is 15.4. The summed E-state index contributed by atoms with van der Waals surface area (Å²) in [6.07, 6.45) is 0. The molecule has 0 aliphatic carbocycles. The molecule has 1 aromatic heterocycles. The number of hydrogen-bond donors (Lipinski definition) is 3. The molecule has 0 saturated heterocycles. The fourth-order valence-corrected chi connectivity index (χ4v) is 1.67. The van der Waals surface area contributed by atoms with Crippen LogP contribution in [0.1, 0.15) is 27.4 Å². The molecule has 0 unspecified atom stereocenters. The van der Waals surface area contributed by atoms with Gasteiger partial charge in [0.15, 0.2) is 5.69 Å². The van der Waals surface area contributed by atoms with Crippen molar-refractivity contribution in [1.29, 1.82) is 5.26 Å². The van der Waals surface area contributed by atoms with Gasteiger partial charge in [-0.15, -0.1) is 0 Å². The average Bonchev–Trinajstić information content (AvgIpc) is 2.49. The van der Waals surface area contributed by atoms with E-state index in [-0.39, 0.29) is 18.1 Å². The molecule has 21 heavy (non-hydrogen) atoms. The Hall–Kier alpha value is -3.14. The summed E-state index contributed by atoms with van der Waals surface area (Å²) in [5.41, 5.74) is 1.03. The highest BCUT2D eigenvalue weighted by atomic mass is 16.3. The van der Waals surface area contributed by atoms with Gasteiger partial charge in [0.2, 0.25) is 5.75 Å². The summed E-state index contributed by atoms with van der Waals surface area (Å²) in [6.45, 7) is 1.70. The van der Waals surface area contributed by atoms with Crippen molar-refractivity contribution in [1.82, 2.24) is 15.3 Å². The van der Waals surface area contributed by atoms with Gasteiger partial charge in [0.1, 0.15) is 5.82 Å². The number of nitrogens with one attached hydrogen (secondary N) is 1. The van der Waals surface area contributed by atoms with Gasteiger partial charge in [0.05, 0.1) is 11.6 Å². The molecule has 7 heteroatoms. The third-order valence-corrected chi connectivity index (χ3v) is 2.73. The van der Waals surface area contributed by atoms with Crippen molar-refractivity contribution >= 4 is 5.91 Å². The highest BCUT2D eigenvalue weighted by molar-refractivity contribution is 5.95. The first-order chi connectivity index (χ1) is 10.0. The van der Waals surface area contributed by atoms with Crippen molar-refractivity contribution in [2.45, 2.75) is 13.5 Å². The first-order valence-electron chi connectivity index (χ1n) is 6.05. The van der Waals surface area contributed by atoms with Crippen molar-refractivity contribution in [2.24, 2.45) is 0 Å². The summed E-state index contributed by atoms with van der Waals surface area (Å²) in [4.78, 5) is 19.3. The van der Waals surface area contributed by atoms with Crippen LogP contribution in [0.2, 0.25) is 0 Å². The predicted octanol–water partition coefficient (Wildman–Crippen LogP) is 0.998. The maximum Gasteiger partial charge on any atom is 0.274 e. The lowest BCUT2D eigenvalue weighted by molar-refractivity contribution is 0.0941. The molecule has 1 aromatic carbocycles. The second-order valence-electron chi connectivity index (χ2n) is 4.28. The highest BCUT2D eigenvalue weighted by Crippen LogP contribution is 2.24. The zero-order valence-electron chi connectivity index (χ0n) is 11.2. The molecule has 0 aliphatic rings. The van der Waals surface area contributed by atoms with Crippen LogP contribution in [0, 0.1) is 18.3 Å². The number of aryl methyl sites for hydroxylation is 1. The van der Waals surface area contributed by atoms with Gasteiger partial charge >= 0.3 is 0 Å². The largest absolute Gasteiger partial charge is 0.501 e. The molecule has 0 spiro atoms. The van der Waals surface area contributed by atoms with Gasteiger partial charge in [-0.1, -0.05) is 12.1 Å². The molecule has 1 amide bonds. The fourth-order valence-electron chi connectivity index (χ4n) is 1.67. The van der Waals surface area contributed by atoms with Crippen LogP contribution in [-0.2, 0) is 6.54 Å². The number of carbonyl (C=O) groups excluding carboxylic acids is 1. The lowest BCUT2D eigenvalue weighted by Crippen LogP contribution is -2.24. The topological polar surface area (TPSA) is 119 Å². The quantitative estimate of drug-likeness (QED) is 0.773. The summed E-state index contributed by atoms with van der Waals surface area (Å²) in [5.74, 6) is -1.74. The molecule has 7 nitrogen and oxygen atoms in total. The number of rotatable bonds is 3. The number of aromatic hydroxyl groups is 2. The smallest absolute Gasteiger partial charge is 0.274 e. The Labute approximate surface area is 120 Å². The number of benzene rings is 1. The predicted molar refractivity (Wildman–Crippen MR) is 72.4 cm³/mol. The van der Waals surface area contributed by atoms with Crippen LogP contribution in [0.3, 0.4) is 0 Å². The highest BCUT2D eigenvalue weighted by Gasteiger charge is 2.18. The SMILES string of the molecule is Cc1nc(O)c(O)c(C(=O)NCc2ccc(C#N)cc2)n1. The van der Waals surface area contributed by atoms with E-state index in [0.717, 1.165) is 5.56 Å². The standard InChI is InChI=1S/C14H12N4O3/c1-8-17-11(12(19)14(21)18-8)13(20)16-7-10-4-2-9(6-15)3-5-10/h2-5,19H,7H2,1H3,(H,16,20)(H,17,18,21). The van der Waals surface area contributed by atoms with Gasteiger partial charge < -0.3 is 15.5 Å². The molecule has 0 saturated carbocycles. The van der Waals surface area contributed by atoms with Crippen molar-refractivity contribution in [3.05, 3.63) is 46.9 Å². The molecular weight excluding hydrogens is 272 g/mol. The van der Waals surface area contributed by atoms with E-state index >= 15 is 0 Å². The van der Waals surface area contributed by atoms with E-state index in [1.165, 1.54) is 6.92 Å². The molecule has 2 aromatic rings. The van der Waals surface area contributed by atoms with Crippen LogP contribution in [0.25, 0.3) is 0 Å². The molecule has 0 fully saturated rings. The monoisotopic (exact) mass is 284 g/mol. The Morgan fingerprint density at radius 1 is 1.29 bits per heavy atom. The van der Waals surface area contributed by atoms with Crippen LogP contribution in [0.15, 0.2) is 24.3 Å². The van der Waals surface area contributed by atoms with Gasteiger partial charge in [-0.2, -0.15) is 10.2 Å². The molecule has 106 valence electrons. The third-order valence-electron chi connectivity index (χ3n) is 2.73. The van der Waals surface area contributed by atoms with Crippen molar-refractivity contribution in [3.8, 4) is 17.7 Å². The van der Waals surface area contributed by atoms with Gasteiger partial charge in [0, 0.05) is 6.54 Å². The minimum Gasteiger partial charge on any atom is -0.501 e. The second-order valence-corrected chi connectivity index (χ2v) is 4.28. The van der Waals surface area contributed by atoms with Crippen LogP contribution >= 0.6 is 0 Å². The first-order valence-corrected chi connectivity index (χ1v) is 6.05. The summed E-state index contributed by atoms with van der Waals surface area (Å²) in [5, 5.41) is 30.2. The minimum absolute atomic E-state index is 0.175. The second kappa shape index (κ2) is 5.88. The molecule has 3 N–H and O–H groups in total. The van der Waals surface area contributed by atoms with Crippen LogP contribution < -0.4 is 5.32 Å². The number of aromatic nitrogens is 2. The van der Waals surface area contributed by atoms with Gasteiger partial charge in [-0.05, 0) is 24.6 Å². The Morgan fingerprint density at radius 2 is 1.95 bits per heavy atom. The van der Waals surface area contributed by atoms with Crippen molar-refractivity contribution in [2.75, 3.05) is 0 Å². The van der Waals surface area contributed by atoms with Gasteiger partial charge in [-0.3, -0.25) is 4.79 Å². The number of amides is 1. The zero-order valence-corrected chi connectivity index (χ0v) is 11.2. The van der Waals surface area contributed by atoms with Crippen molar-refractivity contribution in [3.63, 3.8) is 0 Å². The van der Waals surface area contributed by atoms with E-state index in [2.05, 4.69) is 15.3 Å². The average molecular weight is 284 g/mol. The Kier molecular flexibility index (Phi) is 4.00. The van der Waals surface area contributed by atoms with Crippen LogP contribution in [0.5, 0.6) is 11.6 Å². The molecule has 1 heterocycles. The summed E-state index contributed by atoms with van der Waals surface area (Å²) < 4.78 is 0. The molecule has 0 radical (unpaired) electrons. The minimum atomic E-state index is -0.655. The summed E-state index contributed by atoms with van der Waals surface area (Å²) >= 11 is 0. The Bertz CT molecular complexity index is 720. The first kappa shape index (κ1) is 14.3. The number of hydrogen-bond acceptors (Lipinski definition) is 6. The number of nitrogens with zero attached hydrogens (tertiary/aromatic N) is 3.